The lowest BCUT2D eigenvalue weighted by atomic mass is 9.99. The summed E-state index contributed by atoms with van der Waals surface area (Å²) >= 11 is 0. The van der Waals surface area contributed by atoms with Gasteiger partial charge in [0.25, 0.3) is 0 Å². The minimum absolute atomic E-state index is 0.0454. The van der Waals surface area contributed by atoms with Gasteiger partial charge in [-0.3, -0.25) is 0 Å². The molecule has 0 aliphatic carbocycles. The van der Waals surface area contributed by atoms with E-state index in [1.807, 2.05) is 20.8 Å². The van der Waals surface area contributed by atoms with Gasteiger partial charge in [0.15, 0.2) is 0 Å². The SMILES string of the molecule is COc1ccc(S(N)(=O)=O)cc1NC(C)CC(C)(C)OC. The van der Waals surface area contributed by atoms with Crippen LogP contribution in [0, 0.1) is 0 Å². The number of ether oxygens (including phenoxy) is 2. The minimum Gasteiger partial charge on any atom is -0.495 e. The van der Waals surface area contributed by atoms with E-state index in [0.29, 0.717) is 11.4 Å². The number of hydrogen-bond acceptors (Lipinski definition) is 5. The van der Waals surface area contributed by atoms with Crippen LogP contribution in [-0.4, -0.2) is 34.3 Å². The summed E-state index contributed by atoms with van der Waals surface area (Å²) in [6, 6.07) is 4.54. The molecule has 1 aromatic rings. The van der Waals surface area contributed by atoms with Crippen LogP contribution in [0.25, 0.3) is 0 Å². The van der Waals surface area contributed by atoms with Crippen LogP contribution in [0.1, 0.15) is 27.2 Å². The molecule has 0 radical (unpaired) electrons. The van der Waals surface area contributed by atoms with Gasteiger partial charge in [0, 0.05) is 13.2 Å². The second kappa shape index (κ2) is 6.64. The number of anilines is 1. The maximum Gasteiger partial charge on any atom is 0.238 e. The van der Waals surface area contributed by atoms with Gasteiger partial charge < -0.3 is 14.8 Å². The average Bonchev–Trinajstić information content (AvgIpc) is 2.36. The highest BCUT2D eigenvalue weighted by Crippen LogP contribution is 2.29. The Bertz CT molecular complexity index is 585. The predicted octanol–water partition coefficient (Wildman–Crippen LogP) is 1.96. The van der Waals surface area contributed by atoms with Crippen molar-refractivity contribution in [2.24, 2.45) is 5.14 Å². The predicted molar refractivity (Wildman–Crippen MR) is 83.2 cm³/mol. The van der Waals surface area contributed by atoms with Crippen LogP contribution in [0.15, 0.2) is 23.1 Å². The Labute approximate surface area is 126 Å². The molecule has 0 saturated carbocycles. The van der Waals surface area contributed by atoms with E-state index in [4.69, 9.17) is 14.6 Å². The fourth-order valence-corrected chi connectivity index (χ4v) is 2.65. The van der Waals surface area contributed by atoms with Crippen LogP contribution in [-0.2, 0) is 14.8 Å². The molecule has 0 saturated heterocycles. The molecule has 1 rings (SSSR count). The second-order valence-electron chi connectivity index (χ2n) is 5.62. The van der Waals surface area contributed by atoms with Gasteiger partial charge >= 0.3 is 0 Å². The molecule has 7 heteroatoms. The summed E-state index contributed by atoms with van der Waals surface area (Å²) in [4.78, 5) is 0.0454. The Morgan fingerprint density at radius 3 is 2.43 bits per heavy atom. The number of nitrogens with two attached hydrogens (primary N) is 1. The van der Waals surface area contributed by atoms with Crippen LogP contribution >= 0.6 is 0 Å². The topological polar surface area (TPSA) is 90.7 Å². The number of methoxy groups -OCH3 is 2. The highest BCUT2D eigenvalue weighted by Gasteiger charge is 2.21. The number of hydrogen-bond donors (Lipinski definition) is 2. The van der Waals surface area contributed by atoms with Crippen molar-refractivity contribution in [1.82, 2.24) is 0 Å². The molecule has 0 aliphatic heterocycles. The quantitative estimate of drug-likeness (QED) is 0.802. The number of benzene rings is 1. The molecule has 0 aromatic heterocycles. The average molecular weight is 316 g/mol. The molecule has 0 bridgehead atoms. The second-order valence-corrected chi connectivity index (χ2v) is 7.18. The van der Waals surface area contributed by atoms with E-state index in [0.717, 1.165) is 6.42 Å². The highest BCUT2D eigenvalue weighted by molar-refractivity contribution is 7.89. The zero-order valence-electron chi connectivity index (χ0n) is 13.1. The van der Waals surface area contributed by atoms with Crippen molar-refractivity contribution in [3.8, 4) is 5.75 Å². The van der Waals surface area contributed by atoms with Crippen LogP contribution < -0.4 is 15.2 Å². The Morgan fingerprint density at radius 1 is 1.33 bits per heavy atom. The van der Waals surface area contributed by atoms with Gasteiger partial charge in [0.2, 0.25) is 10.0 Å². The first-order valence-electron chi connectivity index (χ1n) is 6.61. The lowest BCUT2D eigenvalue weighted by molar-refractivity contribution is 0.0128. The third-order valence-electron chi connectivity index (χ3n) is 3.25. The summed E-state index contributed by atoms with van der Waals surface area (Å²) in [7, 11) is -0.556. The highest BCUT2D eigenvalue weighted by atomic mass is 32.2. The van der Waals surface area contributed by atoms with Crippen LogP contribution in [0.4, 0.5) is 5.69 Å². The third-order valence-corrected chi connectivity index (χ3v) is 4.16. The molecular formula is C14H24N2O4S. The fourth-order valence-electron chi connectivity index (χ4n) is 2.11. The maximum atomic E-state index is 11.4. The molecule has 0 amide bonds. The minimum atomic E-state index is -3.75. The van der Waals surface area contributed by atoms with E-state index in [1.165, 1.54) is 19.2 Å². The van der Waals surface area contributed by atoms with Crippen molar-refractivity contribution < 1.29 is 17.9 Å². The van der Waals surface area contributed by atoms with Gasteiger partial charge in [-0.2, -0.15) is 0 Å². The van der Waals surface area contributed by atoms with Gasteiger partial charge in [0.1, 0.15) is 5.75 Å². The first-order chi connectivity index (χ1) is 9.59. The van der Waals surface area contributed by atoms with Crippen molar-refractivity contribution >= 4 is 15.7 Å². The van der Waals surface area contributed by atoms with E-state index >= 15 is 0 Å². The molecule has 120 valence electrons. The van der Waals surface area contributed by atoms with Crippen molar-refractivity contribution in [1.29, 1.82) is 0 Å². The monoisotopic (exact) mass is 316 g/mol. The number of primary sulfonamides is 1. The Morgan fingerprint density at radius 2 is 1.95 bits per heavy atom. The standard InChI is InChI=1S/C14H24N2O4S/c1-10(9-14(2,3)20-5)16-12-8-11(21(15,17)18)6-7-13(12)19-4/h6-8,10,16H,9H2,1-5H3,(H2,15,17,18). The summed E-state index contributed by atoms with van der Waals surface area (Å²) in [5.74, 6) is 0.560. The maximum absolute atomic E-state index is 11.4. The molecule has 3 N–H and O–H groups in total. The molecule has 1 aromatic carbocycles. The molecule has 6 nitrogen and oxygen atoms in total. The molecule has 1 unspecified atom stereocenters. The first-order valence-corrected chi connectivity index (χ1v) is 8.16. The summed E-state index contributed by atoms with van der Waals surface area (Å²) < 4.78 is 33.5. The molecule has 0 spiro atoms. The number of rotatable bonds is 7. The van der Waals surface area contributed by atoms with E-state index < -0.39 is 10.0 Å². The van der Waals surface area contributed by atoms with Crippen LogP contribution in [0.2, 0.25) is 0 Å². The molecule has 0 heterocycles. The zero-order chi connectivity index (χ0) is 16.3. The van der Waals surface area contributed by atoms with Crippen molar-refractivity contribution in [2.75, 3.05) is 19.5 Å². The molecule has 0 fully saturated rings. The summed E-state index contributed by atoms with van der Waals surface area (Å²) in [6.45, 7) is 5.97. The lowest BCUT2D eigenvalue weighted by Gasteiger charge is -2.28. The largest absolute Gasteiger partial charge is 0.495 e. The van der Waals surface area contributed by atoms with Gasteiger partial charge in [-0.05, 0) is 45.4 Å². The number of nitrogens with one attached hydrogen (secondary N) is 1. The van der Waals surface area contributed by atoms with Crippen molar-refractivity contribution in [3.05, 3.63) is 18.2 Å². The van der Waals surface area contributed by atoms with Crippen LogP contribution in [0.3, 0.4) is 0 Å². The summed E-state index contributed by atoms with van der Waals surface area (Å²) in [5.41, 5.74) is 0.306. The molecule has 1 atom stereocenters. The Balaban J connectivity index is 3.00. The lowest BCUT2D eigenvalue weighted by Crippen LogP contribution is -2.31. The van der Waals surface area contributed by atoms with E-state index in [1.54, 1.807) is 13.2 Å². The third kappa shape index (κ3) is 5.18. The Kier molecular flexibility index (Phi) is 5.61. The van der Waals surface area contributed by atoms with Crippen molar-refractivity contribution in [2.45, 2.75) is 43.7 Å². The fraction of sp³-hybridized carbons (Fsp3) is 0.571. The summed E-state index contributed by atoms with van der Waals surface area (Å²) in [6.07, 6.45) is 0.742. The van der Waals surface area contributed by atoms with E-state index in [2.05, 4.69) is 5.32 Å². The zero-order valence-corrected chi connectivity index (χ0v) is 14.0. The van der Waals surface area contributed by atoms with Gasteiger partial charge in [0.05, 0.1) is 23.3 Å². The molecule has 21 heavy (non-hydrogen) atoms. The van der Waals surface area contributed by atoms with Crippen LogP contribution in [0.5, 0.6) is 5.75 Å². The first kappa shape index (κ1) is 17.7. The van der Waals surface area contributed by atoms with E-state index in [-0.39, 0.29) is 16.5 Å². The smallest absolute Gasteiger partial charge is 0.238 e. The van der Waals surface area contributed by atoms with Crippen molar-refractivity contribution in [3.63, 3.8) is 0 Å². The summed E-state index contributed by atoms with van der Waals surface area (Å²) in [5, 5.41) is 8.39. The van der Waals surface area contributed by atoms with E-state index in [9.17, 15) is 8.42 Å². The normalized spacial score (nSPS) is 13.8. The number of sulfonamides is 1. The van der Waals surface area contributed by atoms with Gasteiger partial charge in [-0.25, -0.2) is 13.6 Å². The Hall–Kier alpha value is -1.31. The van der Waals surface area contributed by atoms with Gasteiger partial charge in [-0.15, -0.1) is 0 Å². The van der Waals surface area contributed by atoms with Gasteiger partial charge in [-0.1, -0.05) is 0 Å². The molecule has 0 aliphatic rings. The molecular weight excluding hydrogens is 292 g/mol.